The highest BCUT2D eigenvalue weighted by Gasteiger charge is 2.62. The molecule has 44 nitrogen and oxygen atoms in total. The number of carboxylic acids is 1. The number of carbonyl (C=O) groups excluding carboxylic acids is 3. The second-order valence-electron chi connectivity index (χ2n) is 26.0. The van der Waals surface area contributed by atoms with Crippen LogP contribution in [0.4, 0.5) is 0 Å². The molecule has 0 radical (unpaired) electrons. The van der Waals surface area contributed by atoms with Crippen molar-refractivity contribution < 1.29 is 203 Å². The number of rotatable bonds is 25. The summed E-state index contributed by atoms with van der Waals surface area (Å²) in [7, 11) is 0. The van der Waals surface area contributed by atoms with Gasteiger partial charge < -0.3 is 199 Å². The number of aliphatic carboxylic acids is 1. The van der Waals surface area contributed by atoms with Crippen molar-refractivity contribution >= 4 is 23.7 Å². The molecule has 3 amide bonds. The molecule has 41 atom stereocenters. The summed E-state index contributed by atoms with van der Waals surface area (Å²) in [6, 6.07) is -5.65. The number of amides is 3. The van der Waals surface area contributed by atoms with Crippen molar-refractivity contribution in [3.05, 3.63) is 0 Å². The number of aliphatic hydroxyl groups excluding tert-OH is 21. The maximum atomic E-state index is 13.6. The van der Waals surface area contributed by atoms with E-state index in [1.807, 2.05) is 0 Å². The minimum Gasteiger partial charge on any atom is -0.477 e. The third-order valence-electron chi connectivity index (χ3n) is 18.7. The molecule has 0 unspecified atom stereocenters. The Morgan fingerprint density at radius 3 is 1.37 bits per heavy atom. The average Bonchev–Trinajstić information content (AvgIpc) is 0.766. The number of aliphatic hydroxyl groups is 21. The number of carbonyl (C=O) groups is 4. The lowest BCUT2D eigenvalue weighted by molar-refractivity contribution is -0.400. The van der Waals surface area contributed by atoms with Crippen molar-refractivity contribution in [1.29, 1.82) is 0 Å². The summed E-state index contributed by atoms with van der Waals surface area (Å²) in [6.45, 7) is 0.850. The van der Waals surface area contributed by atoms with E-state index in [0.29, 0.717) is 0 Å². The second-order valence-corrected chi connectivity index (χ2v) is 26.0. The zero-order valence-corrected chi connectivity index (χ0v) is 54.9. The first-order valence-corrected chi connectivity index (χ1v) is 32.3. The Kier molecular flexibility index (Phi) is 28.8. The quantitative estimate of drug-likeness (QED) is 0.0404. The van der Waals surface area contributed by atoms with Crippen LogP contribution in [-0.2, 0) is 90.2 Å². The molecule has 0 spiro atoms. The molecule has 8 heterocycles. The van der Waals surface area contributed by atoms with Crippen molar-refractivity contribution in [2.24, 2.45) is 0 Å². The molecule has 0 aromatic rings. The topological polar surface area (TPSA) is 688 Å². The smallest absolute Gasteiger partial charge is 0.364 e. The molecule has 44 heteroatoms. The van der Waals surface area contributed by atoms with Crippen molar-refractivity contribution in [1.82, 2.24) is 16.0 Å². The van der Waals surface area contributed by atoms with E-state index >= 15 is 0 Å². The Hall–Kier alpha value is -3.56. The van der Waals surface area contributed by atoms with Gasteiger partial charge in [-0.05, 0) is 20.8 Å². The third kappa shape index (κ3) is 18.0. The number of hydrogen-bond acceptors (Lipinski definition) is 40. The molecular formula is C57H95N3O41. The van der Waals surface area contributed by atoms with Gasteiger partial charge in [-0.3, -0.25) is 14.4 Å². The predicted octanol–water partition coefficient (Wildman–Crippen LogP) is -15.7. The summed E-state index contributed by atoms with van der Waals surface area (Å²) in [4.78, 5) is 52.0. The van der Waals surface area contributed by atoms with Gasteiger partial charge in [0, 0.05) is 27.2 Å². The fraction of sp³-hybridized carbons (Fsp3) is 0.930. The maximum Gasteiger partial charge on any atom is 0.364 e. The summed E-state index contributed by atoms with van der Waals surface area (Å²) in [6.07, 6.45) is -74.8. The van der Waals surface area contributed by atoms with Crippen LogP contribution in [0.1, 0.15) is 48.0 Å². The van der Waals surface area contributed by atoms with Crippen LogP contribution >= 0.6 is 0 Å². The van der Waals surface area contributed by atoms with Crippen LogP contribution in [0.15, 0.2) is 0 Å². The van der Waals surface area contributed by atoms with Gasteiger partial charge in [0.25, 0.3) is 5.79 Å². The molecule has 101 heavy (non-hydrogen) atoms. The lowest BCUT2D eigenvalue weighted by Crippen LogP contribution is -2.71. The zero-order valence-electron chi connectivity index (χ0n) is 54.9. The summed E-state index contributed by atoms with van der Waals surface area (Å²) < 4.78 is 88.2. The third-order valence-corrected chi connectivity index (χ3v) is 18.7. The van der Waals surface area contributed by atoms with Crippen molar-refractivity contribution in [3.8, 4) is 0 Å². The highest BCUT2D eigenvalue weighted by molar-refractivity contribution is 5.76. The minimum absolute atomic E-state index is 0.833. The highest BCUT2D eigenvalue weighted by Crippen LogP contribution is 2.41. The first kappa shape index (κ1) is 83.1. The van der Waals surface area contributed by atoms with Gasteiger partial charge in [0.05, 0.1) is 57.5 Å². The molecule has 8 fully saturated rings. The van der Waals surface area contributed by atoms with E-state index in [1.165, 1.54) is 20.8 Å². The molecule has 0 aliphatic carbocycles. The Morgan fingerprint density at radius 1 is 0.416 bits per heavy atom. The van der Waals surface area contributed by atoms with Gasteiger partial charge >= 0.3 is 5.97 Å². The van der Waals surface area contributed by atoms with E-state index < -0.39 is 314 Å². The van der Waals surface area contributed by atoms with Crippen LogP contribution < -0.4 is 16.0 Å². The lowest BCUT2D eigenvalue weighted by atomic mass is 9.90. The average molecular weight is 1480 g/mol. The summed E-state index contributed by atoms with van der Waals surface area (Å²) >= 11 is 0. The van der Waals surface area contributed by atoms with Crippen LogP contribution in [-0.4, -0.2) is 420 Å². The Labute approximate surface area is 573 Å². The van der Waals surface area contributed by atoms with Gasteiger partial charge in [-0.1, -0.05) is 0 Å². The summed E-state index contributed by atoms with van der Waals surface area (Å²) in [5, 5.41) is 250. The monoisotopic (exact) mass is 1480 g/mol. The van der Waals surface area contributed by atoms with Crippen LogP contribution in [0.3, 0.4) is 0 Å². The molecule has 8 aliphatic heterocycles. The first-order chi connectivity index (χ1) is 47.4. The maximum absolute atomic E-state index is 13.6. The van der Waals surface area contributed by atoms with E-state index in [-0.39, 0.29) is 0 Å². The summed E-state index contributed by atoms with van der Waals surface area (Å²) in [5.74, 6) is -8.13. The molecule has 8 aliphatic rings. The number of carboxylic acid groups (broad SMARTS) is 1. The number of hydrogen-bond donors (Lipinski definition) is 25. The largest absolute Gasteiger partial charge is 0.477 e. The van der Waals surface area contributed by atoms with Crippen molar-refractivity contribution in [2.45, 2.75) is 299 Å². The fourth-order valence-electron chi connectivity index (χ4n) is 13.0. The zero-order chi connectivity index (χ0) is 74.9. The summed E-state index contributed by atoms with van der Waals surface area (Å²) in [5.41, 5.74) is 0. The molecule has 8 saturated heterocycles. The van der Waals surface area contributed by atoms with Gasteiger partial charge in [0.1, 0.15) is 177 Å². The Bertz CT molecular complexity index is 2690. The van der Waals surface area contributed by atoms with Crippen molar-refractivity contribution in [2.75, 3.05) is 33.0 Å². The first-order valence-electron chi connectivity index (χ1n) is 32.3. The van der Waals surface area contributed by atoms with Gasteiger partial charge in [-0.2, -0.15) is 0 Å². The molecule has 0 aromatic heterocycles. The van der Waals surface area contributed by atoms with Crippen LogP contribution in [0.5, 0.6) is 0 Å². The van der Waals surface area contributed by atoms with E-state index in [4.69, 9.17) is 71.1 Å². The highest BCUT2D eigenvalue weighted by atomic mass is 16.8. The van der Waals surface area contributed by atoms with E-state index in [1.54, 1.807) is 0 Å². The lowest BCUT2D eigenvalue weighted by Gasteiger charge is -2.52. The van der Waals surface area contributed by atoms with Gasteiger partial charge in [-0.15, -0.1) is 0 Å². The Balaban J connectivity index is 1.07. The fourth-order valence-corrected chi connectivity index (χ4v) is 13.0. The van der Waals surface area contributed by atoms with Gasteiger partial charge in [-0.25, -0.2) is 4.79 Å². The molecular weight excluding hydrogens is 1380 g/mol. The molecule has 0 aromatic carbocycles. The normalized spacial score (nSPS) is 49.0. The van der Waals surface area contributed by atoms with Crippen LogP contribution in [0.2, 0.25) is 0 Å². The molecule has 25 N–H and O–H groups in total. The van der Waals surface area contributed by atoms with Crippen LogP contribution in [0, 0.1) is 0 Å². The van der Waals surface area contributed by atoms with E-state index in [2.05, 4.69) is 16.0 Å². The van der Waals surface area contributed by atoms with Crippen molar-refractivity contribution in [3.63, 3.8) is 0 Å². The molecule has 584 valence electrons. The molecule has 0 saturated carbocycles. The standard InChI is InChI=1S/C57H95N3O41/c1-13-28(69)38(79)40(81)52(88-13)98-45-30(71)15(3)90-54(42(45)83)92-20-7-57(56(85)86,101-46(33(20)74)31(72)19(68)8-61)87-12-24-35(76)44(27(49(84)91-24)60-18(6)67)97-51-26(59-17(5)66)37(78)43(23(11-64)95-51)96-55-48(100-53-41(82)39(80)29(70)14(2)89-53)47(34(75)22(10-63)94-55)99-50-25(58-16(4)65)36(77)32(73)21(9-62)93-50/h13-15,19-55,61-64,68-84H,7-12H2,1-6H3,(H,58,65)(H,59,66)(H,60,67)(H,85,86)/t13-,14-,15-,19+,20-,21+,22+,23+,24+,25+,26+,27+,28+,29+,30+,31+,32-,33+,34-,35-,36+,37+,38+,39+,40-,41-,42-,43+,44+,45+,46-,47-,48+,49-,50-,51-,52-,53-,54-,55-,57+/m0/s1. The van der Waals surface area contributed by atoms with E-state index in [0.717, 1.165) is 20.8 Å². The molecule has 0 bridgehead atoms. The number of ether oxygens (including phenoxy) is 15. The number of nitrogens with one attached hydrogen (secondary N) is 3. The molecule has 8 rings (SSSR count). The van der Waals surface area contributed by atoms with Crippen LogP contribution in [0.25, 0.3) is 0 Å². The predicted molar refractivity (Wildman–Crippen MR) is 312 cm³/mol. The van der Waals surface area contributed by atoms with Gasteiger partial charge in [0.15, 0.2) is 44.0 Å². The minimum atomic E-state index is -3.26. The van der Waals surface area contributed by atoms with E-state index in [9.17, 15) is 132 Å². The Morgan fingerprint density at radius 2 is 0.851 bits per heavy atom. The second kappa shape index (κ2) is 35.0. The SMILES string of the molecule is CC(=O)N[C@@H]1[C@@H](O[C@@H]2O[C@H](CO)[C@@H](O[C@@H]3O[C@H](CO)[C@H](O)[C@H](O[C@@H]4O[C@H](CO)[C@H](O)[C@H](O)[C@H]4NC(C)=O)[C@H]3O[C@@H]3O[C@@H](C)[C@@H](O)[C@@H](O)[C@@H]3O)[C@H](O)[C@H]2NC(C)=O)[C@@H](O)[C@@H](CO[C@]2(C(=O)O)C[C@H](O[C@@H]3O[C@@H](C)[C@@H](O)[C@@H](O[C@@H]4O[C@@H](C)[C@@H](O)[C@@H](O)[C@@H]4O)[C@@H]3O)[C@@H](O)[C@H]([C@H](O)[C@H](O)CO)O2)O[C@@H]1O. The van der Waals surface area contributed by atoms with Gasteiger partial charge in [0.2, 0.25) is 17.7 Å².